The summed E-state index contributed by atoms with van der Waals surface area (Å²) in [5.41, 5.74) is 0.691. The van der Waals surface area contributed by atoms with Crippen LogP contribution in [0.2, 0.25) is 0 Å². The Morgan fingerprint density at radius 1 is 1.05 bits per heavy atom. The first kappa shape index (κ1) is 14.2. The molecule has 4 rings (SSSR count). The van der Waals surface area contributed by atoms with E-state index in [2.05, 4.69) is 11.9 Å². The molecule has 0 amide bonds. The van der Waals surface area contributed by atoms with Gasteiger partial charge in [-0.1, -0.05) is 27.4 Å². The maximum Gasteiger partial charge on any atom is 0.144 e. The first-order chi connectivity index (χ1) is 9.33. The van der Waals surface area contributed by atoms with Crippen LogP contribution in [-0.4, -0.2) is 11.8 Å². The molecule has 2 nitrogen and oxygen atoms in total. The van der Waals surface area contributed by atoms with E-state index in [1.54, 1.807) is 0 Å². The molecule has 0 aromatic carbocycles. The van der Waals surface area contributed by atoms with Crippen molar-refractivity contribution in [2.45, 2.75) is 65.3 Å². The van der Waals surface area contributed by atoms with Gasteiger partial charge in [0.1, 0.15) is 5.78 Å². The molecule has 4 bridgehead atoms. The highest BCUT2D eigenvalue weighted by atomic mass is 16.1. The lowest BCUT2D eigenvalue weighted by Gasteiger charge is -2.54. The number of hydrogen-bond donors (Lipinski definition) is 1. The Labute approximate surface area is 123 Å². The van der Waals surface area contributed by atoms with E-state index < -0.39 is 0 Å². The van der Waals surface area contributed by atoms with Gasteiger partial charge in [-0.2, -0.15) is 0 Å². The van der Waals surface area contributed by atoms with E-state index in [0.29, 0.717) is 18.2 Å². The van der Waals surface area contributed by atoms with Crippen molar-refractivity contribution in [3.63, 3.8) is 0 Å². The largest absolute Gasteiger partial charge is 0.385 e. The van der Waals surface area contributed by atoms with Gasteiger partial charge in [0.2, 0.25) is 0 Å². The molecule has 0 atom stereocenters. The topological polar surface area (TPSA) is 29.1 Å². The minimum Gasteiger partial charge on any atom is -0.385 e. The smallest absolute Gasteiger partial charge is 0.144 e. The van der Waals surface area contributed by atoms with E-state index in [0.717, 1.165) is 29.4 Å². The van der Waals surface area contributed by atoms with Crippen LogP contribution in [0.25, 0.3) is 0 Å². The molecule has 4 saturated carbocycles. The second-order valence-corrected chi connectivity index (χ2v) is 8.55. The van der Waals surface area contributed by atoms with Gasteiger partial charge < -0.3 is 5.32 Å². The Morgan fingerprint density at radius 3 is 2.00 bits per heavy atom. The van der Waals surface area contributed by atoms with Gasteiger partial charge in [0.25, 0.3) is 0 Å². The zero-order chi connectivity index (χ0) is 14.5. The van der Waals surface area contributed by atoms with Crippen LogP contribution in [-0.2, 0) is 4.79 Å². The van der Waals surface area contributed by atoms with Crippen LogP contribution < -0.4 is 5.32 Å². The number of allylic oxidation sites excluding steroid dienone is 1. The van der Waals surface area contributed by atoms with Crippen molar-refractivity contribution in [1.82, 2.24) is 5.32 Å². The lowest BCUT2D eigenvalue weighted by Crippen LogP contribution is -2.54. The fraction of sp³-hybridized carbons (Fsp3) is 0.833. The molecule has 0 unspecified atom stereocenters. The predicted molar refractivity (Wildman–Crippen MR) is 82.2 cm³/mol. The SMILES string of the molecule is C=C(CC(=O)C(C)(C)C)NC1C2CC3CC(C2)CC1C3. The van der Waals surface area contributed by atoms with Crippen LogP contribution in [0.4, 0.5) is 0 Å². The molecule has 0 saturated heterocycles. The quantitative estimate of drug-likeness (QED) is 0.842. The lowest BCUT2D eigenvalue weighted by atomic mass is 9.54. The molecule has 1 N–H and O–H groups in total. The highest BCUT2D eigenvalue weighted by Gasteiger charge is 2.48. The van der Waals surface area contributed by atoms with Crippen molar-refractivity contribution >= 4 is 5.78 Å². The van der Waals surface area contributed by atoms with Crippen LogP contribution in [0.15, 0.2) is 12.3 Å². The number of ketones is 1. The van der Waals surface area contributed by atoms with Crippen LogP contribution in [0.3, 0.4) is 0 Å². The third-order valence-corrected chi connectivity index (χ3v) is 5.81. The summed E-state index contributed by atoms with van der Waals surface area (Å²) in [4.78, 5) is 12.1. The molecular weight excluding hydrogens is 246 g/mol. The number of rotatable bonds is 4. The Kier molecular flexibility index (Phi) is 3.46. The predicted octanol–water partition coefficient (Wildman–Crippen LogP) is 3.92. The van der Waals surface area contributed by atoms with Gasteiger partial charge in [-0.05, 0) is 55.8 Å². The summed E-state index contributed by atoms with van der Waals surface area (Å²) >= 11 is 0. The van der Waals surface area contributed by atoms with Crippen molar-refractivity contribution < 1.29 is 4.79 Å². The standard InChI is InChI=1S/C18H29NO/c1-11(5-16(20)18(2,3)4)19-17-14-7-12-6-13(9-14)10-15(17)8-12/h12-15,17,19H,1,5-10H2,2-4H3. The zero-order valence-corrected chi connectivity index (χ0v) is 13.2. The van der Waals surface area contributed by atoms with Crippen LogP contribution in [0.1, 0.15) is 59.3 Å². The molecule has 0 heterocycles. The van der Waals surface area contributed by atoms with Crippen molar-refractivity contribution in [2.24, 2.45) is 29.1 Å². The second-order valence-electron chi connectivity index (χ2n) is 8.55. The summed E-state index contributed by atoms with van der Waals surface area (Å²) in [5.74, 6) is 3.97. The summed E-state index contributed by atoms with van der Waals surface area (Å²) in [6, 6.07) is 0.600. The number of carbonyl (C=O) groups excluding carboxylic acids is 1. The van der Waals surface area contributed by atoms with Crippen molar-refractivity contribution in [1.29, 1.82) is 0 Å². The molecule has 0 aliphatic heterocycles. The van der Waals surface area contributed by atoms with Gasteiger partial charge in [0, 0.05) is 23.6 Å². The van der Waals surface area contributed by atoms with E-state index in [1.165, 1.54) is 32.1 Å². The van der Waals surface area contributed by atoms with Crippen LogP contribution in [0.5, 0.6) is 0 Å². The fourth-order valence-electron chi connectivity index (χ4n) is 4.91. The van der Waals surface area contributed by atoms with Crippen molar-refractivity contribution in [3.8, 4) is 0 Å². The highest BCUT2D eigenvalue weighted by Crippen LogP contribution is 2.53. The van der Waals surface area contributed by atoms with Crippen molar-refractivity contribution in [2.75, 3.05) is 0 Å². The van der Waals surface area contributed by atoms with Gasteiger partial charge in [0.15, 0.2) is 0 Å². The van der Waals surface area contributed by atoms with E-state index in [4.69, 9.17) is 0 Å². The van der Waals surface area contributed by atoms with E-state index in [1.807, 2.05) is 20.8 Å². The third-order valence-electron chi connectivity index (χ3n) is 5.81. The first-order valence-electron chi connectivity index (χ1n) is 8.30. The van der Waals surface area contributed by atoms with Crippen molar-refractivity contribution in [3.05, 3.63) is 12.3 Å². The lowest BCUT2D eigenvalue weighted by molar-refractivity contribution is -0.125. The van der Waals surface area contributed by atoms with E-state index in [9.17, 15) is 4.79 Å². The summed E-state index contributed by atoms with van der Waals surface area (Å²) in [5, 5.41) is 3.65. The Morgan fingerprint density at radius 2 is 1.55 bits per heavy atom. The Balaban J connectivity index is 1.58. The summed E-state index contributed by atoms with van der Waals surface area (Å²) in [6.45, 7) is 10.1. The molecule has 0 spiro atoms. The average Bonchev–Trinajstić information content (AvgIpc) is 2.31. The minimum atomic E-state index is -0.255. The van der Waals surface area contributed by atoms with Gasteiger partial charge in [-0.15, -0.1) is 0 Å². The van der Waals surface area contributed by atoms with Crippen LogP contribution in [0, 0.1) is 29.1 Å². The van der Waals surface area contributed by atoms with Gasteiger partial charge in [-0.3, -0.25) is 4.79 Å². The molecule has 20 heavy (non-hydrogen) atoms. The van der Waals surface area contributed by atoms with Gasteiger partial charge in [-0.25, -0.2) is 0 Å². The monoisotopic (exact) mass is 275 g/mol. The number of nitrogens with one attached hydrogen (secondary N) is 1. The van der Waals surface area contributed by atoms with E-state index >= 15 is 0 Å². The normalized spacial score (nSPS) is 38.9. The molecule has 4 aliphatic rings. The molecular formula is C18H29NO. The van der Waals surface area contributed by atoms with Crippen LogP contribution >= 0.6 is 0 Å². The molecule has 2 heteroatoms. The zero-order valence-electron chi connectivity index (χ0n) is 13.2. The fourth-order valence-corrected chi connectivity index (χ4v) is 4.91. The number of Topliss-reactive ketones (excluding diaryl/α,β-unsaturated/α-hetero) is 1. The minimum absolute atomic E-state index is 0.255. The molecule has 4 aliphatic carbocycles. The highest BCUT2D eigenvalue weighted by molar-refractivity contribution is 5.85. The number of hydrogen-bond acceptors (Lipinski definition) is 2. The van der Waals surface area contributed by atoms with E-state index in [-0.39, 0.29) is 5.41 Å². The molecule has 4 fully saturated rings. The average molecular weight is 275 g/mol. The van der Waals surface area contributed by atoms with Gasteiger partial charge >= 0.3 is 0 Å². The summed E-state index contributed by atoms with van der Waals surface area (Å²) in [7, 11) is 0. The Hall–Kier alpha value is -0.790. The molecule has 0 aromatic heterocycles. The maximum atomic E-state index is 12.1. The molecule has 0 aromatic rings. The molecule has 0 radical (unpaired) electrons. The van der Waals surface area contributed by atoms with Gasteiger partial charge in [0.05, 0.1) is 0 Å². The molecule has 112 valence electrons. The number of carbonyl (C=O) groups is 1. The summed E-state index contributed by atoms with van der Waals surface area (Å²) in [6.07, 6.45) is 7.61. The summed E-state index contributed by atoms with van der Waals surface area (Å²) < 4.78 is 0. The Bertz CT molecular complexity index is 390. The maximum absolute atomic E-state index is 12.1. The first-order valence-corrected chi connectivity index (χ1v) is 8.30. The second kappa shape index (κ2) is 4.89. The third kappa shape index (κ3) is 2.66.